The number of piperidine rings is 1. The van der Waals surface area contributed by atoms with Crippen molar-refractivity contribution in [3.05, 3.63) is 0 Å². The Kier molecular flexibility index (Phi) is 6.52. The number of nitrogens with two attached hydrogens (primary N) is 1. The van der Waals surface area contributed by atoms with Crippen molar-refractivity contribution in [3.8, 4) is 0 Å². The molecular weight excluding hydrogens is 214 g/mol. The van der Waals surface area contributed by atoms with E-state index in [2.05, 4.69) is 17.1 Å². The third kappa shape index (κ3) is 5.50. The highest BCUT2D eigenvalue weighted by atomic mass is 16.1. The first-order valence-corrected chi connectivity index (χ1v) is 6.85. The lowest BCUT2D eigenvalue weighted by atomic mass is 9.98. The Morgan fingerprint density at radius 2 is 2.35 bits per heavy atom. The lowest BCUT2D eigenvalue weighted by Gasteiger charge is -2.31. The molecular formula is C13H27N3O. The summed E-state index contributed by atoms with van der Waals surface area (Å²) in [5, 5.41) is 3.44. The molecule has 100 valence electrons. The molecule has 0 aliphatic carbocycles. The van der Waals surface area contributed by atoms with Gasteiger partial charge < -0.3 is 16.0 Å². The lowest BCUT2D eigenvalue weighted by Crippen LogP contribution is -2.42. The van der Waals surface area contributed by atoms with E-state index in [9.17, 15) is 4.79 Å². The van der Waals surface area contributed by atoms with Crippen LogP contribution in [0.25, 0.3) is 0 Å². The number of carbonyl (C=O) groups is 1. The molecule has 1 aliphatic rings. The fourth-order valence-corrected chi connectivity index (χ4v) is 2.50. The van der Waals surface area contributed by atoms with Crippen molar-refractivity contribution in [2.45, 2.75) is 33.1 Å². The summed E-state index contributed by atoms with van der Waals surface area (Å²) in [6, 6.07) is 0. The van der Waals surface area contributed by atoms with Crippen molar-refractivity contribution in [1.29, 1.82) is 0 Å². The van der Waals surface area contributed by atoms with Gasteiger partial charge in [0.25, 0.3) is 0 Å². The topological polar surface area (TPSA) is 58.4 Å². The highest BCUT2D eigenvalue weighted by Gasteiger charge is 2.19. The number of nitrogens with one attached hydrogen (secondary N) is 1. The maximum atomic E-state index is 11.1. The van der Waals surface area contributed by atoms with Crippen LogP contribution in [0.5, 0.6) is 0 Å². The zero-order valence-corrected chi connectivity index (χ0v) is 11.2. The molecule has 1 heterocycles. The Hall–Kier alpha value is -0.610. The molecule has 2 unspecified atom stereocenters. The predicted octanol–water partition coefficient (Wildman–Crippen LogP) is 0.819. The van der Waals surface area contributed by atoms with Crippen LogP contribution in [0.15, 0.2) is 0 Å². The third-order valence-corrected chi connectivity index (χ3v) is 3.47. The second-order valence-corrected chi connectivity index (χ2v) is 5.28. The van der Waals surface area contributed by atoms with E-state index >= 15 is 0 Å². The second kappa shape index (κ2) is 7.67. The van der Waals surface area contributed by atoms with E-state index in [0.29, 0.717) is 0 Å². The first-order chi connectivity index (χ1) is 8.13. The van der Waals surface area contributed by atoms with Crippen molar-refractivity contribution >= 4 is 5.91 Å². The molecule has 1 amide bonds. The van der Waals surface area contributed by atoms with Crippen LogP contribution in [0.1, 0.15) is 33.1 Å². The Morgan fingerprint density at radius 1 is 1.59 bits per heavy atom. The highest BCUT2D eigenvalue weighted by molar-refractivity contribution is 5.76. The van der Waals surface area contributed by atoms with E-state index in [1.54, 1.807) is 0 Å². The van der Waals surface area contributed by atoms with Crippen molar-refractivity contribution in [2.75, 3.05) is 32.7 Å². The van der Waals surface area contributed by atoms with Crippen LogP contribution < -0.4 is 11.1 Å². The first-order valence-electron chi connectivity index (χ1n) is 6.85. The van der Waals surface area contributed by atoms with Gasteiger partial charge >= 0.3 is 0 Å². The smallest absolute Gasteiger partial charge is 0.221 e. The van der Waals surface area contributed by atoms with E-state index in [0.717, 1.165) is 45.1 Å². The molecule has 1 fully saturated rings. The zero-order chi connectivity index (χ0) is 12.7. The van der Waals surface area contributed by atoms with Crippen LogP contribution >= 0.6 is 0 Å². The third-order valence-electron chi connectivity index (χ3n) is 3.47. The molecule has 1 rings (SSSR count). The SMILES string of the molecule is CCCN(CC1CCCNC1)CC(C)C(N)=O. The molecule has 4 nitrogen and oxygen atoms in total. The van der Waals surface area contributed by atoms with Crippen molar-refractivity contribution < 1.29 is 4.79 Å². The molecule has 1 aliphatic heterocycles. The van der Waals surface area contributed by atoms with Gasteiger partial charge in [-0.2, -0.15) is 0 Å². The van der Waals surface area contributed by atoms with Gasteiger partial charge in [0.2, 0.25) is 5.91 Å². The summed E-state index contributed by atoms with van der Waals surface area (Å²) < 4.78 is 0. The number of carbonyl (C=O) groups excluding carboxylic acids is 1. The Morgan fingerprint density at radius 3 is 2.88 bits per heavy atom. The summed E-state index contributed by atoms with van der Waals surface area (Å²) in [7, 11) is 0. The maximum absolute atomic E-state index is 11.1. The summed E-state index contributed by atoms with van der Waals surface area (Å²) in [5.74, 6) is 0.501. The Labute approximate surface area is 105 Å². The normalized spacial score (nSPS) is 22.6. The van der Waals surface area contributed by atoms with Gasteiger partial charge in [0.1, 0.15) is 0 Å². The van der Waals surface area contributed by atoms with Gasteiger partial charge in [-0.25, -0.2) is 0 Å². The van der Waals surface area contributed by atoms with E-state index in [-0.39, 0.29) is 11.8 Å². The number of primary amides is 1. The number of hydrogen-bond donors (Lipinski definition) is 2. The number of hydrogen-bond acceptors (Lipinski definition) is 3. The molecule has 0 bridgehead atoms. The van der Waals surface area contributed by atoms with Gasteiger partial charge in [0, 0.05) is 19.0 Å². The van der Waals surface area contributed by atoms with Gasteiger partial charge in [-0.05, 0) is 44.8 Å². The van der Waals surface area contributed by atoms with Gasteiger partial charge in [0.15, 0.2) is 0 Å². The highest BCUT2D eigenvalue weighted by Crippen LogP contribution is 2.13. The van der Waals surface area contributed by atoms with Gasteiger partial charge in [0.05, 0.1) is 0 Å². The first kappa shape index (κ1) is 14.5. The second-order valence-electron chi connectivity index (χ2n) is 5.28. The molecule has 3 N–H and O–H groups in total. The largest absolute Gasteiger partial charge is 0.369 e. The minimum absolute atomic E-state index is 0.0434. The quantitative estimate of drug-likeness (QED) is 0.694. The minimum Gasteiger partial charge on any atom is -0.369 e. The summed E-state index contributed by atoms with van der Waals surface area (Å²) in [6.07, 6.45) is 3.71. The van der Waals surface area contributed by atoms with Crippen molar-refractivity contribution in [1.82, 2.24) is 10.2 Å². The molecule has 0 aromatic heterocycles. The maximum Gasteiger partial charge on any atom is 0.221 e. The number of amides is 1. The van der Waals surface area contributed by atoms with Gasteiger partial charge in [-0.3, -0.25) is 4.79 Å². The van der Waals surface area contributed by atoms with E-state index in [1.807, 2.05) is 6.92 Å². The average Bonchev–Trinajstić information content (AvgIpc) is 2.30. The molecule has 17 heavy (non-hydrogen) atoms. The molecule has 4 heteroatoms. The minimum atomic E-state index is -0.187. The van der Waals surface area contributed by atoms with E-state index in [1.165, 1.54) is 12.8 Å². The van der Waals surface area contributed by atoms with Crippen molar-refractivity contribution in [3.63, 3.8) is 0 Å². The van der Waals surface area contributed by atoms with E-state index < -0.39 is 0 Å². The van der Waals surface area contributed by atoms with Crippen LogP contribution in [0, 0.1) is 11.8 Å². The summed E-state index contributed by atoms with van der Waals surface area (Å²) in [5.41, 5.74) is 5.34. The standard InChI is InChI=1S/C13H27N3O/c1-3-7-16(9-11(2)13(14)17)10-12-5-4-6-15-8-12/h11-12,15H,3-10H2,1-2H3,(H2,14,17). The molecule has 0 saturated carbocycles. The van der Waals surface area contributed by atoms with Gasteiger partial charge in [-0.1, -0.05) is 13.8 Å². The lowest BCUT2D eigenvalue weighted by molar-refractivity contribution is -0.121. The molecule has 2 atom stereocenters. The summed E-state index contributed by atoms with van der Waals surface area (Å²) in [6.45, 7) is 9.34. The van der Waals surface area contributed by atoms with Crippen LogP contribution in [0.4, 0.5) is 0 Å². The zero-order valence-electron chi connectivity index (χ0n) is 11.2. The Balaban J connectivity index is 2.38. The Bertz CT molecular complexity index is 227. The van der Waals surface area contributed by atoms with Crippen LogP contribution in [0.3, 0.4) is 0 Å². The van der Waals surface area contributed by atoms with Crippen molar-refractivity contribution in [2.24, 2.45) is 17.6 Å². The number of rotatable bonds is 7. The van der Waals surface area contributed by atoms with Crippen LogP contribution in [-0.4, -0.2) is 43.5 Å². The summed E-state index contributed by atoms with van der Waals surface area (Å²) >= 11 is 0. The molecule has 0 spiro atoms. The molecule has 1 saturated heterocycles. The predicted molar refractivity (Wildman–Crippen MR) is 70.7 cm³/mol. The van der Waals surface area contributed by atoms with Gasteiger partial charge in [-0.15, -0.1) is 0 Å². The fraction of sp³-hybridized carbons (Fsp3) is 0.923. The molecule has 0 aromatic carbocycles. The average molecular weight is 241 g/mol. The molecule has 0 radical (unpaired) electrons. The van der Waals surface area contributed by atoms with Crippen LogP contribution in [0.2, 0.25) is 0 Å². The van der Waals surface area contributed by atoms with E-state index in [4.69, 9.17) is 5.73 Å². The fourth-order valence-electron chi connectivity index (χ4n) is 2.50. The monoisotopic (exact) mass is 241 g/mol. The number of nitrogens with zero attached hydrogens (tertiary/aromatic N) is 1. The molecule has 0 aromatic rings. The summed E-state index contributed by atoms with van der Waals surface area (Å²) in [4.78, 5) is 13.5. The van der Waals surface area contributed by atoms with Crippen LogP contribution in [-0.2, 0) is 4.79 Å².